The van der Waals surface area contributed by atoms with E-state index in [0.717, 1.165) is 0 Å². The maximum absolute atomic E-state index is 12.7. The fourth-order valence-corrected chi connectivity index (χ4v) is 0.670. The summed E-state index contributed by atoms with van der Waals surface area (Å²) in [5.74, 6) is -6.79. The van der Waals surface area contributed by atoms with E-state index in [0.29, 0.717) is 0 Å². The van der Waals surface area contributed by atoms with E-state index < -0.39 is 36.3 Å². The lowest BCUT2D eigenvalue weighted by atomic mass is 9.96. The lowest BCUT2D eigenvalue weighted by Crippen LogP contribution is -2.60. The van der Waals surface area contributed by atoms with Crippen molar-refractivity contribution < 1.29 is 43.9 Å². The van der Waals surface area contributed by atoms with Crippen LogP contribution in [0.4, 0.5) is 43.9 Å². The monoisotopic (exact) mass is 264 g/mol. The fourth-order valence-electron chi connectivity index (χ4n) is 0.670. The standard InChI is InChI=1S/C6H2F10/c7-2-1-3(8,5(11,12)13)4(9,10)6(14,15)16/h1-2H/b2-1+. The number of hydrogen-bond acceptors (Lipinski definition) is 0. The minimum Gasteiger partial charge on any atom is -0.222 e. The van der Waals surface area contributed by atoms with Crippen LogP contribution in [0.25, 0.3) is 0 Å². The van der Waals surface area contributed by atoms with Crippen LogP contribution in [0, 0.1) is 0 Å². The molecule has 0 saturated heterocycles. The van der Waals surface area contributed by atoms with Gasteiger partial charge in [0.05, 0.1) is 6.33 Å². The molecule has 0 aromatic carbocycles. The molecular weight excluding hydrogens is 262 g/mol. The van der Waals surface area contributed by atoms with Gasteiger partial charge in [-0.15, -0.1) is 0 Å². The van der Waals surface area contributed by atoms with Gasteiger partial charge in [-0.3, -0.25) is 0 Å². The van der Waals surface area contributed by atoms with Gasteiger partial charge >= 0.3 is 18.3 Å². The first-order valence-electron chi connectivity index (χ1n) is 3.29. The predicted octanol–water partition coefficient (Wildman–Crippen LogP) is 3.94. The van der Waals surface area contributed by atoms with Gasteiger partial charge in [0, 0.05) is 0 Å². The Hall–Kier alpha value is -0.960. The second kappa shape index (κ2) is 3.81. The summed E-state index contributed by atoms with van der Waals surface area (Å²) in [4.78, 5) is 0. The van der Waals surface area contributed by atoms with E-state index in [9.17, 15) is 43.9 Å². The minimum absolute atomic E-state index is 1.37. The number of alkyl halides is 9. The Morgan fingerprint density at radius 1 is 0.625 bits per heavy atom. The molecule has 0 spiro atoms. The van der Waals surface area contributed by atoms with Gasteiger partial charge in [-0.1, -0.05) is 0 Å². The van der Waals surface area contributed by atoms with Crippen molar-refractivity contribution in [3.63, 3.8) is 0 Å². The topological polar surface area (TPSA) is 0 Å². The molecule has 1 atom stereocenters. The molecule has 0 aliphatic carbocycles. The van der Waals surface area contributed by atoms with Crippen LogP contribution in [0.2, 0.25) is 0 Å². The third kappa shape index (κ3) is 2.09. The highest BCUT2D eigenvalue weighted by Gasteiger charge is 2.80. The van der Waals surface area contributed by atoms with Gasteiger partial charge in [-0.2, -0.15) is 35.1 Å². The van der Waals surface area contributed by atoms with E-state index in [1.807, 2.05) is 0 Å². The highest BCUT2D eigenvalue weighted by Crippen LogP contribution is 2.53. The molecule has 96 valence electrons. The zero-order valence-corrected chi connectivity index (χ0v) is 6.93. The molecule has 0 saturated carbocycles. The molecule has 0 radical (unpaired) electrons. The predicted molar refractivity (Wildman–Crippen MR) is 31.1 cm³/mol. The van der Waals surface area contributed by atoms with Crippen molar-refractivity contribution in [3.8, 4) is 0 Å². The van der Waals surface area contributed by atoms with E-state index in [1.54, 1.807) is 0 Å². The summed E-state index contributed by atoms with van der Waals surface area (Å²) in [5.41, 5.74) is -6.15. The second-order valence-electron chi connectivity index (χ2n) is 2.57. The van der Waals surface area contributed by atoms with Gasteiger partial charge < -0.3 is 0 Å². The summed E-state index contributed by atoms with van der Waals surface area (Å²) in [6.45, 7) is 0. The first-order chi connectivity index (χ1) is 6.81. The normalized spacial score (nSPS) is 18.9. The maximum atomic E-state index is 12.7. The first kappa shape index (κ1) is 15.0. The van der Waals surface area contributed by atoms with Crippen LogP contribution < -0.4 is 0 Å². The molecule has 16 heavy (non-hydrogen) atoms. The highest BCUT2D eigenvalue weighted by molar-refractivity contribution is 5.14. The Bertz CT molecular complexity index is 270. The van der Waals surface area contributed by atoms with Crippen molar-refractivity contribution in [2.24, 2.45) is 0 Å². The zero-order valence-electron chi connectivity index (χ0n) is 6.93. The fraction of sp³-hybridized carbons (Fsp3) is 0.667. The van der Waals surface area contributed by atoms with Crippen LogP contribution in [-0.4, -0.2) is 23.9 Å². The molecule has 0 bridgehead atoms. The van der Waals surface area contributed by atoms with Crippen LogP contribution in [0.5, 0.6) is 0 Å². The molecule has 0 aliphatic rings. The molecule has 0 heterocycles. The van der Waals surface area contributed by atoms with Crippen molar-refractivity contribution in [3.05, 3.63) is 12.4 Å². The highest BCUT2D eigenvalue weighted by atomic mass is 19.4. The van der Waals surface area contributed by atoms with Gasteiger partial charge in [0.15, 0.2) is 0 Å². The number of allylic oxidation sites excluding steroid dienone is 1. The molecule has 0 aliphatic heterocycles. The summed E-state index contributed by atoms with van der Waals surface area (Å²) >= 11 is 0. The van der Waals surface area contributed by atoms with Gasteiger partial charge in [-0.05, 0) is 6.08 Å². The average molecular weight is 264 g/mol. The van der Waals surface area contributed by atoms with Crippen molar-refractivity contribution >= 4 is 0 Å². The SMILES string of the molecule is F/C=C/C(F)(C(F)(F)F)C(F)(F)C(F)(F)F. The average Bonchev–Trinajstić information content (AvgIpc) is 1.99. The molecule has 0 aromatic heterocycles. The number of hydrogen-bond donors (Lipinski definition) is 0. The van der Waals surface area contributed by atoms with Crippen LogP contribution in [0.1, 0.15) is 0 Å². The molecular formula is C6H2F10. The number of rotatable bonds is 2. The molecule has 1 unspecified atom stereocenters. The molecule has 0 nitrogen and oxygen atoms in total. The van der Waals surface area contributed by atoms with E-state index in [4.69, 9.17) is 0 Å². The largest absolute Gasteiger partial charge is 0.457 e. The van der Waals surface area contributed by atoms with Gasteiger partial charge in [0.25, 0.3) is 5.67 Å². The Balaban J connectivity index is 5.74. The molecule has 0 rings (SSSR count). The minimum atomic E-state index is -6.81. The molecule has 0 N–H and O–H groups in total. The Kier molecular flexibility index (Phi) is 3.58. The molecule has 10 heteroatoms. The van der Waals surface area contributed by atoms with Gasteiger partial charge in [0.2, 0.25) is 0 Å². The zero-order chi connectivity index (χ0) is 13.4. The Morgan fingerprint density at radius 2 is 1.00 bits per heavy atom. The van der Waals surface area contributed by atoms with Crippen molar-refractivity contribution in [1.29, 1.82) is 0 Å². The maximum Gasteiger partial charge on any atom is 0.457 e. The molecule has 0 aromatic rings. The second-order valence-corrected chi connectivity index (χ2v) is 2.57. The lowest BCUT2D eigenvalue weighted by Gasteiger charge is -2.33. The summed E-state index contributed by atoms with van der Waals surface area (Å²) in [7, 11) is 0. The Morgan fingerprint density at radius 3 is 1.19 bits per heavy atom. The van der Waals surface area contributed by atoms with E-state index in [2.05, 4.69) is 0 Å². The first-order valence-corrected chi connectivity index (χ1v) is 3.29. The lowest BCUT2D eigenvalue weighted by molar-refractivity contribution is -0.369. The molecule has 0 fully saturated rings. The van der Waals surface area contributed by atoms with Crippen LogP contribution in [0.3, 0.4) is 0 Å². The van der Waals surface area contributed by atoms with Crippen LogP contribution in [0.15, 0.2) is 12.4 Å². The van der Waals surface area contributed by atoms with E-state index >= 15 is 0 Å². The van der Waals surface area contributed by atoms with Crippen molar-refractivity contribution in [2.75, 3.05) is 0 Å². The third-order valence-electron chi connectivity index (χ3n) is 1.52. The summed E-state index contributed by atoms with van der Waals surface area (Å²) in [6, 6.07) is 0. The van der Waals surface area contributed by atoms with Gasteiger partial charge in [0.1, 0.15) is 0 Å². The summed E-state index contributed by atoms with van der Waals surface area (Å²) in [6.07, 6.45) is -16.3. The van der Waals surface area contributed by atoms with Crippen molar-refractivity contribution in [1.82, 2.24) is 0 Å². The third-order valence-corrected chi connectivity index (χ3v) is 1.52. The summed E-state index contributed by atoms with van der Waals surface area (Å²) < 4.78 is 118. The summed E-state index contributed by atoms with van der Waals surface area (Å²) in [5, 5.41) is 0. The quantitative estimate of drug-likeness (QED) is 0.663. The van der Waals surface area contributed by atoms with E-state index in [1.165, 1.54) is 0 Å². The van der Waals surface area contributed by atoms with Crippen molar-refractivity contribution in [2.45, 2.75) is 23.9 Å². The van der Waals surface area contributed by atoms with Crippen LogP contribution >= 0.6 is 0 Å². The Labute approximate surface area is 81.5 Å². The van der Waals surface area contributed by atoms with Gasteiger partial charge in [-0.25, -0.2) is 8.78 Å². The van der Waals surface area contributed by atoms with Crippen LogP contribution in [-0.2, 0) is 0 Å². The molecule has 0 amide bonds. The number of halogens is 10. The van der Waals surface area contributed by atoms with E-state index in [-0.39, 0.29) is 0 Å². The smallest absolute Gasteiger partial charge is 0.222 e.